The summed E-state index contributed by atoms with van der Waals surface area (Å²) in [6.45, 7) is 8.66. The highest BCUT2D eigenvalue weighted by Crippen LogP contribution is 2.15. The molecule has 0 aliphatic carbocycles. The van der Waals surface area contributed by atoms with E-state index < -0.39 is 0 Å². The van der Waals surface area contributed by atoms with Crippen molar-refractivity contribution in [2.45, 2.75) is 33.2 Å². The SMILES string of the molecule is CCNC(=NCc1ccnc(-n2ccnc2)c1)NCC(C)c1cccc(C)c1. The second-order valence-corrected chi connectivity index (χ2v) is 6.88. The third kappa shape index (κ3) is 5.42. The van der Waals surface area contributed by atoms with E-state index in [-0.39, 0.29) is 0 Å². The Bertz CT molecular complexity index is 901. The van der Waals surface area contributed by atoms with Gasteiger partial charge < -0.3 is 10.6 Å². The Kier molecular flexibility index (Phi) is 6.78. The molecule has 146 valence electrons. The molecule has 2 N–H and O–H groups in total. The molecule has 0 bridgehead atoms. The van der Waals surface area contributed by atoms with E-state index in [0.717, 1.165) is 30.4 Å². The van der Waals surface area contributed by atoms with Gasteiger partial charge in [0, 0.05) is 31.7 Å². The van der Waals surface area contributed by atoms with Gasteiger partial charge in [-0.05, 0) is 43.0 Å². The Hall–Kier alpha value is -3.15. The molecule has 28 heavy (non-hydrogen) atoms. The van der Waals surface area contributed by atoms with Gasteiger partial charge in [0.15, 0.2) is 5.96 Å². The van der Waals surface area contributed by atoms with Crippen molar-refractivity contribution in [2.75, 3.05) is 13.1 Å². The second kappa shape index (κ2) is 9.69. The number of aliphatic imine (C=N–C) groups is 1. The van der Waals surface area contributed by atoms with Gasteiger partial charge in [0.25, 0.3) is 0 Å². The lowest BCUT2D eigenvalue weighted by Crippen LogP contribution is -2.39. The molecule has 0 radical (unpaired) electrons. The third-order valence-corrected chi connectivity index (χ3v) is 4.53. The highest BCUT2D eigenvalue weighted by Gasteiger charge is 2.07. The van der Waals surface area contributed by atoms with Gasteiger partial charge in [0.2, 0.25) is 0 Å². The molecule has 1 unspecified atom stereocenters. The van der Waals surface area contributed by atoms with Gasteiger partial charge in [0.05, 0.1) is 6.54 Å². The molecule has 0 fully saturated rings. The van der Waals surface area contributed by atoms with Gasteiger partial charge in [-0.15, -0.1) is 0 Å². The first kappa shape index (κ1) is 19.6. The lowest BCUT2D eigenvalue weighted by Gasteiger charge is -2.16. The van der Waals surface area contributed by atoms with Crippen molar-refractivity contribution >= 4 is 5.96 Å². The molecule has 6 heteroatoms. The average Bonchev–Trinajstić information content (AvgIpc) is 3.25. The van der Waals surface area contributed by atoms with Crippen molar-refractivity contribution in [3.8, 4) is 5.82 Å². The Morgan fingerprint density at radius 3 is 2.82 bits per heavy atom. The van der Waals surface area contributed by atoms with Crippen LogP contribution in [0.1, 0.15) is 36.5 Å². The van der Waals surface area contributed by atoms with Crippen LogP contribution in [-0.4, -0.2) is 33.6 Å². The molecule has 0 aliphatic rings. The van der Waals surface area contributed by atoms with Crippen LogP contribution >= 0.6 is 0 Å². The fourth-order valence-electron chi connectivity index (χ4n) is 2.95. The number of aromatic nitrogens is 3. The lowest BCUT2D eigenvalue weighted by molar-refractivity contribution is 0.699. The zero-order valence-electron chi connectivity index (χ0n) is 16.8. The molecule has 2 heterocycles. The quantitative estimate of drug-likeness (QED) is 0.490. The van der Waals surface area contributed by atoms with Gasteiger partial charge in [-0.25, -0.2) is 15.0 Å². The van der Waals surface area contributed by atoms with Gasteiger partial charge in [-0.3, -0.25) is 4.57 Å². The normalized spacial score (nSPS) is 12.6. The molecule has 6 nitrogen and oxygen atoms in total. The summed E-state index contributed by atoms with van der Waals surface area (Å²) in [5, 5.41) is 6.78. The number of imidazole rings is 1. The number of benzene rings is 1. The molecule has 0 spiro atoms. The number of hydrogen-bond acceptors (Lipinski definition) is 3. The van der Waals surface area contributed by atoms with Gasteiger partial charge in [0.1, 0.15) is 12.1 Å². The monoisotopic (exact) mass is 376 g/mol. The van der Waals surface area contributed by atoms with E-state index in [1.165, 1.54) is 11.1 Å². The van der Waals surface area contributed by atoms with Crippen molar-refractivity contribution < 1.29 is 0 Å². The highest BCUT2D eigenvalue weighted by molar-refractivity contribution is 5.79. The summed E-state index contributed by atoms with van der Waals surface area (Å²) >= 11 is 0. The molecule has 0 aliphatic heterocycles. The van der Waals surface area contributed by atoms with E-state index in [0.29, 0.717) is 12.5 Å². The minimum absolute atomic E-state index is 0.400. The summed E-state index contributed by atoms with van der Waals surface area (Å²) in [6, 6.07) is 12.7. The Morgan fingerprint density at radius 2 is 2.07 bits per heavy atom. The molecule has 1 atom stereocenters. The van der Waals surface area contributed by atoms with Crippen molar-refractivity contribution in [3.63, 3.8) is 0 Å². The van der Waals surface area contributed by atoms with Crippen LogP contribution in [0.3, 0.4) is 0 Å². The zero-order valence-corrected chi connectivity index (χ0v) is 16.8. The highest BCUT2D eigenvalue weighted by atomic mass is 15.2. The minimum Gasteiger partial charge on any atom is -0.357 e. The molecule has 1 aromatic carbocycles. The predicted molar refractivity (Wildman–Crippen MR) is 114 cm³/mol. The van der Waals surface area contributed by atoms with E-state index in [4.69, 9.17) is 4.99 Å². The van der Waals surface area contributed by atoms with Crippen LogP contribution in [0.5, 0.6) is 0 Å². The van der Waals surface area contributed by atoms with Gasteiger partial charge in [-0.2, -0.15) is 0 Å². The van der Waals surface area contributed by atoms with Crippen molar-refractivity contribution in [1.82, 2.24) is 25.2 Å². The smallest absolute Gasteiger partial charge is 0.191 e. The average molecular weight is 377 g/mol. The summed E-state index contributed by atoms with van der Waals surface area (Å²) in [5.74, 6) is 2.07. The van der Waals surface area contributed by atoms with Crippen LogP contribution in [0.2, 0.25) is 0 Å². The van der Waals surface area contributed by atoms with Crippen LogP contribution in [0.4, 0.5) is 0 Å². The summed E-state index contributed by atoms with van der Waals surface area (Å²) < 4.78 is 1.89. The fourth-order valence-corrected chi connectivity index (χ4v) is 2.95. The Labute approximate surface area is 166 Å². The first-order valence-electron chi connectivity index (χ1n) is 9.67. The van der Waals surface area contributed by atoms with Gasteiger partial charge >= 0.3 is 0 Å². The van der Waals surface area contributed by atoms with Crippen molar-refractivity contribution in [1.29, 1.82) is 0 Å². The molecular weight excluding hydrogens is 348 g/mol. The van der Waals surface area contributed by atoms with Crippen LogP contribution < -0.4 is 10.6 Å². The predicted octanol–water partition coefficient (Wildman–Crippen LogP) is 3.43. The number of guanidine groups is 1. The van der Waals surface area contributed by atoms with Gasteiger partial charge in [-0.1, -0.05) is 36.8 Å². The molecule has 0 saturated heterocycles. The maximum Gasteiger partial charge on any atom is 0.191 e. The summed E-state index contributed by atoms with van der Waals surface area (Å²) in [5.41, 5.74) is 3.72. The largest absolute Gasteiger partial charge is 0.357 e. The number of aryl methyl sites for hydroxylation is 1. The van der Waals surface area contributed by atoms with E-state index in [9.17, 15) is 0 Å². The van der Waals surface area contributed by atoms with Crippen LogP contribution in [-0.2, 0) is 6.54 Å². The Balaban J connectivity index is 1.63. The summed E-state index contributed by atoms with van der Waals surface area (Å²) in [7, 11) is 0. The molecule has 2 aromatic heterocycles. The van der Waals surface area contributed by atoms with Crippen molar-refractivity contribution in [2.24, 2.45) is 4.99 Å². The number of nitrogens with zero attached hydrogens (tertiary/aromatic N) is 4. The summed E-state index contributed by atoms with van der Waals surface area (Å²) in [4.78, 5) is 13.2. The van der Waals surface area contributed by atoms with Crippen molar-refractivity contribution in [3.05, 3.63) is 78.0 Å². The van der Waals surface area contributed by atoms with E-state index in [1.54, 1.807) is 18.7 Å². The number of hydrogen-bond donors (Lipinski definition) is 2. The third-order valence-electron chi connectivity index (χ3n) is 4.53. The minimum atomic E-state index is 0.400. The maximum absolute atomic E-state index is 4.73. The molecule has 3 rings (SSSR count). The molecule has 0 saturated carbocycles. The molecular formula is C22H28N6. The first-order chi connectivity index (χ1) is 13.7. The summed E-state index contributed by atoms with van der Waals surface area (Å²) in [6.07, 6.45) is 7.18. The second-order valence-electron chi connectivity index (χ2n) is 6.88. The lowest BCUT2D eigenvalue weighted by atomic mass is 9.99. The van der Waals surface area contributed by atoms with Crippen LogP contribution in [0, 0.1) is 6.92 Å². The topological polar surface area (TPSA) is 67.1 Å². The zero-order chi connectivity index (χ0) is 19.8. The first-order valence-corrected chi connectivity index (χ1v) is 9.67. The fraction of sp³-hybridized carbons (Fsp3) is 0.318. The number of rotatable bonds is 7. The maximum atomic E-state index is 4.73. The van der Waals surface area contributed by atoms with E-state index >= 15 is 0 Å². The number of nitrogens with one attached hydrogen (secondary N) is 2. The molecule has 0 amide bonds. The number of pyridine rings is 1. The van der Waals surface area contributed by atoms with Crippen LogP contribution in [0.25, 0.3) is 5.82 Å². The van der Waals surface area contributed by atoms with E-state index in [2.05, 4.69) is 65.6 Å². The van der Waals surface area contributed by atoms with Crippen LogP contribution in [0.15, 0.2) is 66.3 Å². The molecule has 3 aromatic rings. The standard InChI is InChI=1S/C22H28N6/c1-4-24-22(26-14-18(3)20-7-5-6-17(2)12-20)27-15-19-8-9-25-21(13-19)28-11-10-23-16-28/h5-13,16,18H,4,14-15H2,1-3H3,(H2,24,26,27). The Morgan fingerprint density at radius 1 is 1.18 bits per heavy atom. The van der Waals surface area contributed by atoms with E-state index in [1.807, 2.05) is 22.9 Å².